The fourth-order valence-corrected chi connectivity index (χ4v) is 6.58. The van der Waals surface area contributed by atoms with E-state index in [9.17, 15) is 5.53 Å². The molecule has 0 aromatic heterocycles. The predicted octanol–water partition coefficient (Wildman–Crippen LogP) is 13.2. The minimum absolute atomic E-state index is 0.0757. The second kappa shape index (κ2) is 26.0. The van der Waals surface area contributed by atoms with Crippen molar-refractivity contribution in [3.63, 3.8) is 0 Å². The molecule has 1 aliphatic heterocycles. The first-order valence-electron chi connectivity index (χ1n) is 19.0. The Hall–Kier alpha value is -1.90. The van der Waals surface area contributed by atoms with Crippen molar-refractivity contribution in [2.75, 3.05) is 13.2 Å². The third kappa shape index (κ3) is 15.0. The van der Waals surface area contributed by atoms with E-state index in [0.29, 0.717) is 0 Å². The Balaban J connectivity index is 0.000000597. The van der Waals surface area contributed by atoms with Gasteiger partial charge >= 0.3 is 78.4 Å². The Morgan fingerprint density at radius 1 is 0.468 bits per heavy atom. The van der Waals surface area contributed by atoms with E-state index in [0.717, 1.165) is 99.9 Å². The molecule has 1 heterocycles. The standard InChI is InChI=1S/C34H48N2.2C4H9O.Pd/c1-5-9-13-14-16-28-21-25-30(26-22-28)34-32(18-12-8-4)31(17-11-7-3)33(36(34)35)29-23-19-27(20-24-29)15-10-6-2;2*1-2-3-4-5;/h19-26H,5-18H2,1-4H3;2*2-4H2,1H3;/q;2*-1;+2. The number of allylic oxidation sites excluding steroid dienone is 2. The Bertz CT molecular complexity index is 1180. The molecule has 0 atom stereocenters. The first-order chi connectivity index (χ1) is 23.1. The Labute approximate surface area is 298 Å². The minimum atomic E-state index is 0.0757. The summed E-state index contributed by atoms with van der Waals surface area (Å²) in [7, 11) is 0. The normalized spacial score (nSPS) is 13.1. The fraction of sp³-hybridized carbons (Fsp3) is 0.619. The zero-order valence-corrected chi connectivity index (χ0v) is 32.3. The van der Waals surface area contributed by atoms with Crippen molar-refractivity contribution < 1.29 is 30.3 Å². The summed E-state index contributed by atoms with van der Waals surface area (Å²) in [5, 5.41) is 0. The molecule has 4 nitrogen and oxygen atoms in total. The molecule has 0 radical (unpaired) electrons. The van der Waals surface area contributed by atoms with E-state index in [1.165, 1.54) is 78.3 Å². The topological polar surface area (TPSA) is 43.8 Å². The third-order valence-electron chi connectivity index (χ3n) is 8.71. The summed E-state index contributed by atoms with van der Waals surface area (Å²) in [6.45, 7) is 15.0. The van der Waals surface area contributed by atoms with Gasteiger partial charge in [0.1, 0.15) is 0 Å². The summed E-state index contributed by atoms with van der Waals surface area (Å²) < 4.78 is 12.0. The van der Waals surface area contributed by atoms with E-state index in [2.05, 4.69) is 90.1 Å². The van der Waals surface area contributed by atoms with Gasteiger partial charge in [-0.3, -0.25) is 0 Å². The number of hydrogen-bond donors (Lipinski definition) is 0. The molecule has 266 valence electrons. The molecule has 3 rings (SSSR count). The molecule has 0 spiro atoms. The van der Waals surface area contributed by atoms with Crippen LogP contribution in [0, 0.1) is 0 Å². The number of unbranched alkanes of at least 4 members (excludes halogenated alkanes) is 8. The molecule has 0 saturated heterocycles. The van der Waals surface area contributed by atoms with Gasteiger partial charge in [0, 0.05) is 22.3 Å². The zero-order chi connectivity index (χ0) is 34.1. The van der Waals surface area contributed by atoms with Crippen LogP contribution in [0.15, 0.2) is 59.7 Å². The second-order valence-corrected chi connectivity index (χ2v) is 14.0. The van der Waals surface area contributed by atoms with Crippen LogP contribution in [0.5, 0.6) is 0 Å². The van der Waals surface area contributed by atoms with Gasteiger partial charge in [-0.15, -0.1) is 0 Å². The molecule has 0 saturated carbocycles. The third-order valence-corrected chi connectivity index (χ3v) is 9.71. The van der Waals surface area contributed by atoms with Gasteiger partial charge in [0.05, 0.1) is 0 Å². The van der Waals surface area contributed by atoms with Crippen molar-refractivity contribution in [2.45, 2.75) is 157 Å². The van der Waals surface area contributed by atoms with Crippen LogP contribution >= 0.6 is 0 Å². The molecule has 2 aromatic rings. The van der Waals surface area contributed by atoms with Gasteiger partial charge in [-0.25, -0.2) is 4.70 Å². The summed E-state index contributed by atoms with van der Waals surface area (Å²) >= 11 is 0.0757. The number of rotatable bonds is 24. The molecule has 0 amide bonds. The summed E-state index contributed by atoms with van der Waals surface area (Å²) in [5.74, 6) is 0. The molecule has 47 heavy (non-hydrogen) atoms. The first-order valence-corrected chi connectivity index (χ1v) is 20.3. The zero-order valence-electron chi connectivity index (χ0n) is 30.8. The number of hydrogen-bond acceptors (Lipinski definition) is 2. The van der Waals surface area contributed by atoms with Gasteiger partial charge in [-0.05, 0) is 86.8 Å². The van der Waals surface area contributed by atoms with E-state index in [4.69, 9.17) is 6.92 Å². The molecule has 5 heteroatoms. The number of nitrogens with zero attached hydrogens (tertiary/aromatic N) is 2. The van der Waals surface area contributed by atoms with E-state index in [-0.39, 0.29) is 18.7 Å². The van der Waals surface area contributed by atoms with Crippen molar-refractivity contribution >= 4 is 11.4 Å². The monoisotopic (exact) mass is 736 g/mol. The van der Waals surface area contributed by atoms with Crippen LogP contribution in [-0.4, -0.2) is 17.9 Å². The van der Waals surface area contributed by atoms with Gasteiger partial charge in [0.15, 0.2) is 0 Å². The van der Waals surface area contributed by atoms with Crippen molar-refractivity contribution in [2.24, 2.45) is 0 Å². The Morgan fingerprint density at radius 2 is 0.851 bits per heavy atom. The van der Waals surface area contributed by atoms with E-state index < -0.39 is 0 Å². The SMILES string of the molecule is CCCCCCc1ccc(C2=C(CCCC)C(CCCC)=C(c3ccc(CCCC)cc3)[N+]2=[N-])cc1.CCCC[O][Pd][O]CCCC. The van der Waals surface area contributed by atoms with Gasteiger partial charge in [-0.1, -0.05) is 90.5 Å². The van der Waals surface area contributed by atoms with Gasteiger partial charge in [0.2, 0.25) is 11.4 Å². The second-order valence-electron chi connectivity index (χ2n) is 12.8. The summed E-state index contributed by atoms with van der Waals surface area (Å²) in [5.41, 5.74) is 21.4. The summed E-state index contributed by atoms with van der Waals surface area (Å²) in [6.07, 6.45) is 21.2. The Kier molecular flexibility index (Phi) is 22.9. The van der Waals surface area contributed by atoms with Crippen molar-refractivity contribution in [1.82, 2.24) is 0 Å². The van der Waals surface area contributed by atoms with Crippen LogP contribution in [0.2, 0.25) is 0 Å². The molecule has 2 aromatic carbocycles. The molecule has 1 aliphatic rings. The van der Waals surface area contributed by atoms with E-state index >= 15 is 0 Å². The van der Waals surface area contributed by atoms with Gasteiger partial charge in [-0.2, -0.15) is 0 Å². The van der Waals surface area contributed by atoms with Crippen molar-refractivity contribution in [1.29, 1.82) is 0 Å². The number of benzene rings is 2. The van der Waals surface area contributed by atoms with Gasteiger partial charge in [0.25, 0.3) is 0 Å². The van der Waals surface area contributed by atoms with E-state index in [1.54, 1.807) is 0 Å². The molecule has 0 N–H and O–H groups in total. The molecule has 0 aliphatic carbocycles. The average molecular weight is 737 g/mol. The molecule has 0 fully saturated rings. The Morgan fingerprint density at radius 3 is 1.26 bits per heavy atom. The molecular formula is C42H66N2O2Pd. The quantitative estimate of drug-likeness (QED) is 0.0612. The van der Waals surface area contributed by atoms with Crippen molar-refractivity contribution in [3.05, 3.63) is 87.5 Å². The first kappa shape index (κ1) is 41.3. The van der Waals surface area contributed by atoms with Crippen LogP contribution in [0.25, 0.3) is 16.9 Å². The van der Waals surface area contributed by atoms with Gasteiger partial charge < -0.3 is 5.53 Å². The van der Waals surface area contributed by atoms with Crippen LogP contribution < -0.4 is 0 Å². The predicted molar refractivity (Wildman–Crippen MR) is 198 cm³/mol. The van der Waals surface area contributed by atoms with E-state index in [1.807, 2.05) is 0 Å². The molecule has 0 bridgehead atoms. The fourth-order valence-electron chi connectivity index (χ4n) is 5.75. The summed E-state index contributed by atoms with van der Waals surface area (Å²) in [4.78, 5) is 0. The molecular weight excluding hydrogens is 671 g/mol. The maximum atomic E-state index is 11.7. The number of aryl methyl sites for hydroxylation is 2. The van der Waals surface area contributed by atoms with Crippen LogP contribution in [-0.2, 0) is 38.5 Å². The average Bonchev–Trinajstić information content (AvgIpc) is 3.37. The maximum absolute atomic E-state index is 11.7. The van der Waals surface area contributed by atoms with Crippen LogP contribution in [0.1, 0.15) is 167 Å². The summed E-state index contributed by atoms with van der Waals surface area (Å²) in [6, 6.07) is 17.9. The molecule has 0 unspecified atom stereocenters. The van der Waals surface area contributed by atoms with Crippen LogP contribution in [0.4, 0.5) is 0 Å². The van der Waals surface area contributed by atoms with Crippen LogP contribution in [0.3, 0.4) is 0 Å². The van der Waals surface area contributed by atoms with Crippen molar-refractivity contribution in [3.8, 4) is 0 Å².